The number of hydrogen-bond donors (Lipinski definition) is 2. The SMILES string of the molecule is COc1ccc(CNCc2cn[nH]c2C(C)(C)C)cn1. The Hall–Kier alpha value is -1.88. The summed E-state index contributed by atoms with van der Waals surface area (Å²) < 4.78 is 5.04. The van der Waals surface area contributed by atoms with Crippen molar-refractivity contribution in [3.8, 4) is 5.88 Å². The molecule has 0 aliphatic carbocycles. The number of aromatic amines is 1. The number of aromatic nitrogens is 3. The number of nitrogens with zero attached hydrogens (tertiary/aromatic N) is 2. The van der Waals surface area contributed by atoms with E-state index in [0.717, 1.165) is 18.7 Å². The first kappa shape index (κ1) is 14.5. The van der Waals surface area contributed by atoms with E-state index < -0.39 is 0 Å². The summed E-state index contributed by atoms with van der Waals surface area (Å²) in [6, 6.07) is 3.88. The van der Waals surface area contributed by atoms with Gasteiger partial charge in [0.1, 0.15) is 0 Å². The van der Waals surface area contributed by atoms with Crippen molar-refractivity contribution in [1.29, 1.82) is 0 Å². The number of rotatable bonds is 5. The predicted octanol–water partition coefficient (Wildman–Crippen LogP) is 2.40. The van der Waals surface area contributed by atoms with Gasteiger partial charge >= 0.3 is 0 Å². The quantitative estimate of drug-likeness (QED) is 0.879. The summed E-state index contributed by atoms with van der Waals surface area (Å²) in [5.74, 6) is 0.638. The monoisotopic (exact) mass is 274 g/mol. The van der Waals surface area contributed by atoms with E-state index in [1.165, 1.54) is 11.3 Å². The van der Waals surface area contributed by atoms with Crippen molar-refractivity contribution in [2.24, 2.45) is 0 Å². The second-order valence-electron chi connectivity index (χ2n) is 5.83. The molecule has 0 saturated heterocycles. The molecule has 0 aromatic carbocycles. The lowest BCUT2D eigenvalue weighted by Crippen LogP contribution is -2.19. The third-order valence-electron chi connectivity index (χ3n) is 3.12. The Morgan fingerprint density at radius 1 is 1.20 bits per heavy atom. The van der Waals surface area contributed by atoms with Gasteiger partial charge in [-0.1, -0.05) is 26.8 Å². The highest BCUT2D eigenvalue weighted by atomic mass is 16.5. The van der Waals surface area contributed by atoms with Crippen LogP contribution in [-0.4, -0.2) is 22.3 Å². The topological polar surface area (TPSA) is 62.8 Å². The van der Waals surface area contributed by atoms with Crippen LogP contribution in [0.1, 0.15) is 37.6 Å². The van der Waals surface area contributed by atoms with E-state index in [2.05, 4.69) is 41.3 Å². The van der Waals surface area contributed by atoms with Gasteiger partial charge in [0.25, 0.3) is 0 Å². The van der Waals surface area contributed by atoms with Gasteiger partial charge in [0.15, 0.2) is 0 Å². The van der Waals surface area contributed by atoms with E-state index in [1.807, 2.05) is 24.5 Å². The second kappa shape index (κ2) is 6.05. The highest BCUT2D eigenvalue weighted by Gasteiger charge is 2.19. The number of hydrogen-bond acceptors (Lipinski definition) is 4. The van der Waals surface area contributed by atoms with Gasteiger partial charge in [-0.15, -0.1) is 0 Å². The van der Waals surface area contributed by atoms with Crippen molar-refractivity contribution in [2.45, 2.75) is 39.3 Å². The van der Waals surface area contributed by atoms with Crippen molar-refractivity contribution in [3.05, 3.63) is 41.3 Å². The van der Waals surface area contributed by atoms with Gasteiger partial charge in [0, 0.05) is 42.0 Å². The molecule has 5 nitrogen and oxygen atoms in total. The third kappa shape index (κ3) is 3.57. The van der Waals surface area contributed by atoms with Crippen molar-refractivity contribution in [3.63, 3.8) is 0 Å². The molecule has 0 saturated carbocycles. The molecule has 0 atom stereocenters. The molecule has 2 N–H and O–H groups in total. The van der Waals surface area contributed by atoms with Gasteiger partial charge in [-0.3, -0.25) is 5.10 Å². The van der Waals surface area contributed by atoms with Crippen molar-refractivity contribution < 1.29 is 4.74 Å². The summed E-state index contributed by atoms with van der Waals surface area (Å²) in [6.45, 7) is 8.09. The normalized spacial score (nSPS) is 11.6. The number of methoxy groups -OCH3 is 1. The zero-order chi connectivity index (χ0) is 14.6. The molecule has 108 valence electrons. The predicted molar refractivity (Wildman–Crippen MR) is 78.6 cm³/mol. The van der Waals surface area contributed by atoms with Gasteiger partial charge in [0.05, 0.1) is 13.3 Å². The molecule has 0 spiro atoms. The Kier molecular flexibility index (Phi) is 4.39. The molecule has 2 heterocycles. The van der Waals surface area contributed by atoms with E-state index in [0.29, 0.717) is 5.88 Å². The van der Waals surface area contributed by atoms with Crippen LogP contribution in [0.5, 0.6) is 5.88 Å². The van der Waals surface area contributed by atoms with Crippen molar-refractivity contribution in [2.75, 3.05) is 7.11 Å². The zero-order valence-corrected chi connectivity index (χ0v) is 12.5. The summed E-state index contributed by atoms with van der Waals surface area (Å²) in [7, 11) is 1.62. The van der Waals surface area contributed by atoms with Gasteiger partial charge in [-0.25, -0.2) is 4.98 Å². The van der Waals surface area contributed by atoms with Crippen LogP contribution in [0.4, 0.5) is 0 Å². The lowest BCUT2D eigenvalue weighted by Gasteiger charge is -2.18. The van der Waals surface area contributed by atoms with Crippen LogP contribution in [-0.2, 0) is 18.5 Å². The standard InChI is InChI=1S/C15H22N4O/c1-15(2,3)14-12(10-18-19-14)9-16-7-11-5-6-13(20-4)17-8-11/h5-6,8,10,16H,7,9H2,1-4H3,(H,18,19). The maximum atomic E-state index is 5.04. The van der Waals surface area contributed by atoms with Gasteiger partial charge in [-0.2, -0.15) is 5.10 Å². The van der Waals surface area contributed by atoms with Crippen LogP contribution in [0.3, 0.4) is 0 Å². The average Bonchev–Trinajstić information content (AvgIpc) is 2.88. The highest BCUT2D eigenvalue weighted by Crippen LogP contribution is 2.23. The fraction of sp³-hybridized carbons (Fsp3) is 0.467. The van der Waals surface area contributed by atoms with E-state index in [9.17, 15) is 0 Å². The Morgan fingerprint density at radius 2 is 2.00 bits per heavy atom. The third-order valence-corrected chi connectivity index (χ3v) is 3.12. The first-order chi connectivity index (χ1) is 9.50. The molecular weight excluding hydrogens is 252 g/mol. The van der Waals surface area contributed by atoms with E-state index in [4.69, 9.17) is 4.74 Å². The first-order valence-electron chi connectivity index (χ1n) is 6.73. The van der Waals surface area contributed by atoms with Gasteiger partial charge in [0.2, 0.25) is 5.88 Å². The molecule has 2 aromatic rings. The first-order valence-corrected chi connectivity index (χ1v) is 6.73. The summed E-state index contributed by atoms with van der Waals surface area (Å²) in [4.78, 5) is 4.19. The van der Waals surface area contributed by atoms with Crippen LogP contribution in [0.25, 0.3) is 0 Å². The fourth-order valence-electron chi connectivity index (χ4n) is 2.07. The minimum atomic E-state index is 0.0786. The van der Waals surface area contributed by atoms with E-state index in [-0.39, 0.29) is 5.41 Å². The molecule has 2 aromatic heterocycles. The van der Waals surface area contributed by atoms with Crippen LogP contribution in [0, 0.1) is 0 Å². The minimum Gasteiger partial charge on any atom is -0.481 e. The zero-order valence-electron chi connectivity index (χ0n) is 12.5. The van der Waals surface area contributed by atoms with Crippen molar-refractivity contribution in [1.82, 2.24) is 20.5 Å². The van der Waals surface area contributed by atoms with E-state index >= 15 is 0 Å². The summed E-state index contributed by atoms with van der Waals surface area (Å²) in [5, 5.41) is 10.6. The molecular formula is C15H22N4O. The molecule has 0 radical (unpaired) electrons. The Bertz CT molecular complexity index is 540. The molecule has 20 heavy (non-hydrogen) atoms. The average molecular weight is 274 g/mol. The largest absolute Gasteiger partial charge is 0.481 e. The number of ether oxygens (including phenoxy) is 1. The molecule has 5 heteroatoms. The summed E-state index contributed by atoms with van der Waals surface area (Å²) >= 11 is 0. The molecule has 0 aliphatic heterocycles. The van der Waals surface area contributed by atoms with Crippen LogP contribution in [0.2, 0.25) is 0 Å². The summed E-state index contributed by atoms with van der Waals surface area (Å²) in [6.07, 6.45) is 3.71. The van der Waals surface area contributed by atoms with Crippen LogP contribution >= 0.6 is 0 Å². The smallest absolute Gasteiger partial charge is 0.212 e. The number of H-pyrrole nitrogens is 1. The molecule has 0 unspecified atom stereocenters. The maximum Gasteiger partial charge on any atom is 0.212 e. The van der Waals surface area contributed by atoms with Crippen LogP contribution in [0.15, 0.2) is 24.5 Å². The Morgan fingerprint density at radius 3 is 2.60 bits per heavy atom. The lowest BCUT2D eigenvalue weighted by molar-refractivity contribution is 0.397. The van der Waals surface area contributed by atoms with Gasteiger partial charge < -0.3 is 10.1 Å². The number of nitrogens with one attached hydrogen (secondary N) is 2. The second-order valence-corrected chi connectivity index (χ2v) is 5.83. The Balaban J connectivity index is 1.91. The van der Waals surface area contributed by atoms with E-state index in [1.54, 1.807) is 7.11 Å². The molecule has 2 rings (SSSR count). The highest BCUT2D eigenvalue weighted by molar-refractivity contribution is 5.23. The molecule has 0 bridgehead atoms. The summed E-state index contributed by atoms with van der Waals surface area (Å²) in [5.41, 5.74) is 3.60. The Labute approximate surface area is 119 Å². The van der Waals surface area contributed by atoms with Gasteiger partial charge in [-0.05, 0) is 5.56 Å². The molecule has 0 aliphatic rings. The molecule has 0 fully saturated rings. The van der Waals surface area contributed by atoms with Crippen LogP contribution < -0.4 is 10.1 Å². The number of pyridine rings is 1. The lowest BCUT2D eigenvalue weighted by atomic mass is 9.89. The minimum absolute atomic E-state index is 0.0786. The maximum absolute atomic E-state index is 5.04. The van der Waals surface area contributed by atoms with Crippen molar-refractivity contribution >= 4 is 0 Å². The molecule has 0 amide bonds. The fourth-order valence-corrected chi connectivity index (χ4v) is 2.07.